The molecule has 2 aliphatic heterocycles. The zero-order chi connectivity index (χ0) is 22.1. The molecule has 0 radical (unpaired) electrons. The highest BCUT2D eigenvalue weighted by Gasteiger charge is 2.56. The van der Waals surface area contributed by atoms with Gasteiger partial charge in [-0.3, -0.25) is 0 Å². The standard InChI is InChI=1S/C25H22N4O2S/c1-3-31-24(30)23-27-29(20-14-8-5-9-15-20)25(32-23)22-17-11-10-16-21(22)18(2)26-28(25)19-12-6-4-7-13-19/h4-17H,3H2,1-2H3/t25-/m0/s1. The Hall–Kier alpha value is -3.58. The Kier molecular flexibility index (Phi) is 5.19. The van der Waals surface area contributed by atoms with Crippen LogP contribution in [0.4, 0.5) is 11.4 Å². The molecular formula is C25H22N4O2S. The van der Waals surface area contributed by atoms with E-state index in [4.69, 9.17) is 14.9 Å². The lowest BCUT2D eigenvalue weighted by Crippen LogP contribution is -2.53. The molecule has 0 bridgehead atoms. The van der Waals surface area contributed by atoms with Crippen LogP contribution in [0, 0.1) is 0 Å². The summed E-state index contributed by atoms with van der Waals surface area (Å²) < 4.78 is 5.32. The van der Waals surface area contributed by atoms with Gasteiger partial charge in [0.05, 0.1) is 23.7 Å². The first-order valence-corrected chi connectivity index (χ1v) is 11.3. The van der Waals surface area contributed by atoms with E-state index in [0.717, 1.165) is 28.2 Å². The Morgan fingerprint density at radius 3 is 2.06 bits per heavy atom. The van der Waals surface area contributed by atoms with Crippen LogP contribution in [0.5, 0.6) is 0 Å². The summed E-state index contributed by atoms with van der Waals surface area (Å²) in [6.07, 6.45) is 0. The maximum Gasteiger partial charge on any atom is 0.365 e. The third kappa shape index (κ3) is 3.17. The predicted molar refractivity (Wildman–Crippen MR) is 130 cm³/mol. The Labute approximate surface area is 191 Å². The fraction of sp³-hybridized carbons (Fsp3) is 0.160. The maximum absolute atomic E-state index is 12.8. The van der Waals surface area contributed by atoms with Gasteiger partial charge in [0.1, 0.15) is 0 Å². The molecule has 0 aromatic heterocycles. The van der Waals surface area contributed by atoms with Crippen LogP contribution < -0.4 is 10.0 Å². The van der Waals surface area contributed by atoms with Gasteiger partial charge in [0.15, 0.2) is 0 Å². The van der Waals surface area contributed by atoms with Crippen molar-refractivity contribution in [2.45, 2.75) is 18.8 Å². The summed E-state index contributed by atoms with van der Waals surface area (Å²) in [5, 5.41) is 13.9. The third-order valence-electron chi connectivity index (χ3n) is 5.37. The van der Waals surface area contributed by atoms with Gasteiger partial charge in [0, 0.05) is 11.1 Å². The summed E-state index contributed by atoms with van der Waals surface area (Å²) >= 11 is 1.35. The van der Waals surface area contributed by atoms with Crippen molar-refractivity contribution in [3.8, 4) is 0 Å². The van der Waals surface area contributed by atoms with Crippen LogP contribution in [0.2, 0.25) is 0 Å². The quantitative estimate of drug-likeness (QED) is 0.522. The highest BCUT2D eigenvalue weighted by atomic mass is 32.2. The van der Waals surface area contributed by atoms with Crippen molar-refractivity contribution in [3.05, 3.63) is 96.1 Å². The number of nitrogens with zero attached hydrogens (tertiary/aromatic N) is 4. The van der Waals surface area contributed by atoms with Crippen molar-refractivity contribution >= 4 is 39.9 Å². The van der Waals surface area contributed by atoms with Gasteiger partial charge in [-0.25, -0.2) is 14.8 Å². The molecule has 7 heteroatoms. The van der Waals surface area contributed by atoms with E-state index in [0.29, 0.717) is 5.04 Å². The van der Waals surface area contributed by atoms with Crippen LogP contribution in [-0.4, -0.2) is 23.3 Å². The minimum atomic E-state index is -0.930. The average molecular weight is 443 g/mol. The zero-order valence-electron chi connectivity index (χ0n) is 17.8. The Morgan fingerprint density at radius 2 is 1.44 bits per heavy atom. The van der Waals surface area contributed by atoms with E-state index in [1.165, 1.54) is 11.8 Å². The summed E-state index contributed by atoms with van der Waals surface area (Å²) in [6.45, 7) is 4.08. The van der Waals surface area contributed by atoms with Gasteiger partial charge in [0.2, 0.25) is 10.0 Å². The maximum atomic E-state index is 12.8. The molecule has 3 aromatic carbocycles. The number of carbonyl (C=O) groups excluding carboxylic acids is 1. The lowest BCUT2D eigenvalue weighted by Gasteiger charge is -2.46. The number of anilines is 2. The second-order valence-corrected chi connectivity index (χ2v) is 8.52. The fourth-order valence-electron chi connectivity index (χ4n) is 4.01. The number of hydrogen-bond donors (Lipinski definition) is 0. The number of para-hydroxylation sites is 2. The van der Waals surface area contributed by atoms with Crippen molar-refractivity contribution in [1.29, 1.82) is 0 Å². The monoisotopic (exact) mass is 442 g/mol. The van der Waals surface area contributed by atoms with Crippen molar-refractivity contribution < 1.29 is 9.53 Å². The minimum absolute atomic E-state index is 0.285. The van der Waals surface area contributed by atoms with Gasteiger partial charge in [-0.2, -0.15) is 10.2 Å². The van der Waals surface area contributed by atoms with Crippen LogP contribution in [0.3, 0.4) is 0 Å². The van der Waals surface area contributed by atoms with Crippen molar-refractivity contribution in [2.75, 3.05) is 16.6 Å². The first-order chi connectivity index (χ1) is 15.6. The molecule has 160 valence electrons. The molecule has 0 saturated heterocycles. The predicted octanol–water partition coefficient (Wildman–Crippen LogP) is 5.17. The largest absolute Gasteiger partial charge is 0.461 e. The van der Waals surface area contributed by atoms with Crippen LogP contribution in [0.25, 0.3) is 0 Å². The highest BCUT2D eigenvalue weighted by molar-refractivity contribution is 8.16. The van der Waals surface area contributed by atoms with E-state index in [9.17, 15) is 4.79 Å². The number of thioether (sulfide) groups is 1. The molecule has 0 amide bonds. The molecule has 0 saturated carbocycles. The van der Waals surface area contributed by atoms with E-state index >= 15 is 0 Å². The smallest absolute Gasteiger partial charge is 0.365 e. The number of fused-ring (bicyclic) bond motifs is 2. The van der Waals surface area contributed by atoms with E-state index in [-0.39, 0.29) is 6.61 Å². The molecular weight excluding hydrogens is 420 g/mol. The Balaban J connectivity index is 1.78. The van der Waals surface area contributed by atoms with E-state index < -0.39 is 11.0 Å². The number of carbonyl (C=O) groups is 1. The third-order valence-corrected chi connectivity index (χ3v) is 6.67. The lowest BCUT2D eigenvalue weighted by molar-refractivity contribution is -0.134. The number of esters is 1. The van der Waals surface area contributed by atoms with Gasteiger partial charge in [-0.1, -0.05) is 60.7 Å². The molecule has 2 heterocycles. The summed E-state index contributed by atoms with van der Waals surface area (Å²) in [6, 6.07) is 28.0. The summed E-state index contributed by atoms with van der Waals surface area (Å²) in [4.78, 5) is 11.9. The number of ether oxygens (including phenoxy) is 1. The van der Waals surface area contributed by atoms with Gasteiger partial charge in [0.25, 0.3) is 0 Å². The van der Waals surface area contributed by atoms with E-state index in [1.54, 1.807) is 6.92 Å². The second-order valence-electron chi connectivity index (χ2n) is 7.36. The summed E-state index contributed by atoms with van der Waals surface area (Å²) in [5.41, 5.74) is 4.68. The molecule has 1 atom stereocenters. The van der Waals surface area contributed by atoms with Crippen molar-refractivity contribution in [1.82, 2.24) is 0 Å². The minimum Gasteiger partial charge on any atom is -0.461 e. The molecule has 5 rings (SSSR count). The zero-order valence-corrected chi connectivity index (χ0v) is 18.6. The average Bonchev–Trinajstić information content (AvgIpc) is 3.24. The SMILES string of the molecule is CCOC(=O)C1=NN(c2ccccc2)[C@]2(S1)c1ccccc1C(C)=NN2c1ccccc1. The molecule has 1 spiro atoms. The van der Waals surface area contributed by atoms with Gasteiger partial charge in [-0.15, -0.1) is 0 Å². The topological polar surface area (TPSA) is 57.5 Å². The number of rotatable bonds is 4. The van der Waals surface area contributed by atoms with E-state index in [1.807, 2.05) is 89.7 Å². The number of hydrogen-bond acceptors (Lipinski definition) is 7. The molecule has 0 N–H and O–H groups in total. The normalized spacial score (nSPS) is 19.4. The molecule has 3 aromatic rings. The highest BCUT2D eigenvalue weighted by Crippen LogP contribution is 2.54. The number of benzene rings is 3. The number of hydrazone groups is 2. The van der Waals surface area contributed by atoms with Gasteiger partial charge >= 0.3 is 5.97 Å². The van der Waals surface area contributed by atoms with Crippen molar-refractivity contribution in [3.63, 3.8) is 0 Å². The van der Waals surface area contributed by atoms with Gasteiger partial charge < -0.3 is 4.74 Å². The molecule has 6 nitrogen and oxygen atoms in total. The van der Waals surface area contributed by atoms with Crippen LogP contribution >= 0.6 is 11.8 Å². The molecule has 0 fully saturated rings. The van der Waals surface area contributed by atoms with E-state index in [2.05, 4.69) is 12.1 Å². The van der Waals surface area contributed by atoms with Crippen LogP contribution in [0.1, 0.15) is 25.0 Å². The lowest BCUT2D eigenvalue weighted by atomic mass is 9.98. The first-order valence-electron chi connectivity index (χ1n) is 10.5. The van der Waals surface area contributed by atoms with Crippen LogP contribution in [-0.2, 0) is 14.5 Å². The van der Waals surface area contributed by atoms with Gasteiger partial charge in [-0.05, 0) is 49.9 Å². The summed E-state index contributed by atoms with van der Waals surface area (Å²) in [7, 11) is 0. The Bertz CT molecular complexity index is 1210. The van der Waals surface area contributed by atoms with Crippen molar-refractivity contribution in [2.24, 2.45) is 10.2 Å². The Morgan fingerprint density at radius 1 is 0.875 bits per heavy atom. The molecule has 0 unspecified atom stereocenters. The second kappa shape index (κ2) is 8.16. The molecule has 0 aliphatic carbocycles. The molecule has 2 aliphatic rings. The van der Waals surface area contributed by atoms with Crippen LogP contribution in [0.15, 0.2) is 95.1 Å². The molecule has 32 heavy (non-hydrogen) atoms. The summed E-state index contributed by atoms with van der Waals surface area (Å²) in [5.74, 6) is -0.438. The first kappa shape index (κ1) is 20.3. The fourth-order valence-corrected chi connectivity index (χ4v) is 5.29.